The Balaban J connectivity index is 1.40. The molecular weight excluding hydrogens is 579 g/mol. The molecule has 0 fully saturated rings. The molecule has 7 rings (SSSR count). The van der Waals surface area contributed by atoms with Gasteiger partial charge in [0, 0.05) is 28.6 Å². The van der Waals surface area contributed by atoms with Crippen LogP contribution < -0.4 is 10.9 Å². The van der Waals surface area contributed by atoms with E-state index >= 15 is 4.39 Å². The van der Waals surface area contributed by atoms with Gasteiger partial charge in [0.25, 0.3) is 11.5 Å². The van der Waals surface area contributed by atoms with Crippen LogP contribution >= 0.6 is 0 Å². The Kier molecular flexibility index (Phi) is 6.24. The van der Waals surface area contributed by atoms with Crippen molar-refractivity contribution in [2.75, 3.05) is 0 Å². The second-order valence-electron chi connectivity index (χ2n) is 11.5. The monoisotopic (exact) mass is 605 g/mol. The highest BCUT2D eigenvalue weighted by molar-refractivity contribution is 5.94. The smallest absolute Gasteiger partial charge is 0.343 e. The van der Waals surface area contributed by atoms with Crippen molar-refractivity contribution >= 4 is 22.8 Å². The largest absolute Gasteiger partial charge is 0.458 e. The maximum atomic E-state index is 15.1. The van der Waals surface area contributed by atoms with E-state index in [1.807, 2.05) is 0 Å². The number of benzene rings is 2. The molecule has 226 valence electrons. The van der Waals surface area contributed by atoms with Gasteiger partial charge in [-0.15, -0.1) is 0 Å². The van der Waals surface area contributed by atoms with Gasteiger partial charge >= 0.3 is 5.97 Å². The molecule has 3 aliphatic rings. The van der Waals surface area contributed by atoms with Crippen molar-refractivity contribution in [2.45, 2.75) is 64.0 Å². The number of aliphatic hydroxyl groups excluding tert-OH is 1. The lowest BCUT2D eigenvalue weighted by molar-refractivity contribution is -0.172. The van der Waals surface area contributed by atoms with Crippen LogP contribution in [-0.4, -0.2) is 31.6 Å². The van der Waals surface area contributed by atoms with Crippen LogP contribution in [0.4, 0.5) is 13.2 Å². The molecule has 2 aromatic carbocycles. The SMILES string of the molecule is CC[C@@]1(O)C(=O)OCc2c1cc1n(c2=O)Cc2c-1nc1cc(F)c(C)c3c1c2[C@@H](NC(=O)[C@H](O)c1cc(F)cc(F)c1)CC3. The number of cyclic esters (lactones) is 1. The second-order valence-corrected chi connectivity index (χ2v) is 11.5. The average Bonchev–Trinajstić information content (AvgIpc) is 3.36. The zero-order chi connectivity index (χ0) is 31.2. The first kappa shape index (κ1) is 28.2. The van der Waals surface area contributed by atoms with Crippen LogP contribution in [0.5, 0.6) is 0 Å². The van der Waals surface area contributed by atoms with E-state index < -0.39 is 52.6 Å². The summed E-state index contributed by atoms with van der Waals surface area (Å²) in [5, 5.41) is 25.3. The van der Waals surface area contributed by atoms with E-state index in [4.69, 9.17) is 9.72 Å². The summed E-state index contributed by atoms with van der Waals surface area (Å²) in [5.41, 5.74) is 0.707. The van der Waals surface area contributed by atoms with Crippen molar-refractivity contribution in [1.29, 1.82) is 0 Å². The highest BCUT2D eigenvalue weighted by Gasteiger charge is 2.46. The highest BCUT2D eigenvalue weighted by Crippen LogP contribution is 2.46. The highest BCUT2D eigenvalue weighted by atomic mass is 19.1. The number of carbonyl (C=O) groups excluding carboxylic acids is 2. The number of fused-ring (bicyclic) bond motifs is 5. The lowest BCUT2D eigenvalue weighted by Gasteiger charge is -2.31. The molecule has 0 bridgehead atoms. The number of esters is 1. The number of carbonyl (C=O) groups is 2. The summed E-state index contributed by atoms with van der Waals surface area (Å²) >= 11 is 0. The minimum Gasteiger partial charge on any atom is -0.458 e. The minimum atomic E-state index is -2.03. The third kappa shape index (κ3) is 3.93. The van der Waals surface area contributed by atoms with Crippen molar-refractivity contribution in [1.82, 2.24) is 14.9 Å². The molecule has 44 heavy (non-hydrogen) atoms. The van der Waals surface area contributed by atoms with Crippen LogP contribution in [0, 0.1) is 24.4 Å². The molecule has 3 atom stereocenters. The Bertz CT molecular complexity index is 2010. The van der Waals surface area contributed by atoms with Gasteiger partial charge in [0.2, 0.25) is 0 Å². The van der Waals surface area contributed by atoms with Gasteiger partial charge in [-0.05, 0) is 66.6 Å². The first-order valence-electron chi connectivity index (χ1n) is 14.2. The molecule has 0 spiro atoms. The normalized spacial score (nSPS) is 20.5. The summed E-state index contributed by atoms with van der Waals surface area (Å²) in [6.45, 7) is 2.98. The fourth-order valence-corrected chi connectivity index (χ4v) is 6.83. The summed E-state index contributed by atoms with van der Waals surface area (Å²) in [6.07, 6.45) is -1.24. The molecule has 1 amide bonds. The number of ether oxygens (including phenoxy) is 1. The molecule has 0 saturated carbocycles. The number of nitrogens with one attached hydrogen (secondary N) is 1. The van der Waals surface area contributed by atoms with Crippen LogP contribution in [0.1, 0.15) is 70.9 Å². The predicted octanol–water partition coefficient (Wildman–Crippen LogP) is 3.64. The van der Waals surface area contributed by atoms with E-state index in [2.05, 4.69) is 5.32 Å². The zero-order valence-corrected chi connectivity index (χ0v) is 23.6. The molecule has 4 aromatic rings. The Labute approximate surface area is 247 Å². The molecule has 3 N–H and O–H groups in total. The molecular formula is C32H26F3N3O6. The molecule has 9 nitrogen and oxygen atoms in total. The fourth-order valence-electron chi connectivity index (χ4n) is 6.83. The van der Waals surface area contributed by atoms with Gasteiger partial charge in [0.15, 0.2) is 11.7 Å². The molecule has 1 aliphatic carbocycles. The summed E-state index contributed by atoms with van der Waals surface area (Å²) < 4.78 is 49.3. The fraction of sp³-hybridized carbons (Fsp3) is 0.312. The standard InChI is InChI=1S/C32H26F3N3O6/c1-3-32(43)20-9-24-27-18(11-38(24)30(41)19(20)12-44-31(32)42)26-22(5-4-17-13(2)21(35)10-23(36-27)25(17)26)37-29(40)28(39)14-6-15(33)8-16(34)7-14/h6-10,22,28,39,43H,3-5,11-12H2,1-2H3,(H,37,40)/t22-,28+,32-/m0/s1. The maximum absolute atomic E-state index is 15.1. The summed E-state index contributed by atoms with van der Waals surface area (Å²) in [7, 11) is 0. The van der Waals surface area contributed by atoms with Crippen LogP contribution in [0.3, 0.4) is 0 Å². The summed E-state index contributed by atoms with van der Waals surface area (Å²) in [4.78, 5) is 44.3. The average molecular weight is 606 g/mol. The first-order valence-corrected chi connectivity index (χ1v) is 14.2. The van der Waals surface area contributed by atoms with E-state index in [-0.39, 0.29) is 41.8 Å². The van der Waals surface area contributed by atoms with Crippen LogP contribution in [-0.2, 0) is 39.5 Å². The van der Waals surface area contributed by atoms with Crippen LogP contribution in [0.15, 0.2) is 35.1 Å². The number of aryl methyl sites for hydroxylation is 1. The molecule has 2 aromatic heterocycles. The minimum absolute atomic E-state index is 0.0352. The number of rotatable bonds is 4. The Morgan fingerprint density at radius 2 is 1.86 bits per heavy atom. The Morgan fingerprint density at radius 3 is 2.57 bits per heavy atom. The van der Waals surface area contributed by atoms with E-state index in [1.165, 1.54) is 10.6 Å². The number of hydrogen-bond acceptors (Lipinski definition) is 7. The molecule has 0 saturated heterocycles. The lowest BCUT2D eigenvalue weighted by Crippen LogP contribution is -2.44. The van der Waals surface area contributed by atoms with E-state index in [0.29, 0.717) is 57.9 Å². The van der Waals surface area contributed by atoms with Gasteiger partial charge < -0.3 is 24.8 Å². The van der Waals surface area contributed by atoms with Gasteiger partial charge in [0.05, 0.1) is 35.1 Å². The molecule has 4 heterocycles. The van der Waals surface area contributed by atoms with Crippen molar-refractivity contribution < 1.29 is 37.7 Å². The Hall–Kier alpha value is -4.55. The van der Waals surface area contributed by atoms with Gasteiger partial charge in [0.1, 0.15) is 24.1 Å². The van der Waals surface area contributed by atoms with Crippen molar-refractivity contribution in [2.24, 2.45) is 0 Å². The van der Waals surface area contributed by atoms with Crippen LogP contribution in [0.2, 0.25) is 0 Å². The molecule has 12 heteroatoms. The topological polar surface area (TPSA) is 131 Å². The van der Waals surface area contributed by atoms with E-state index in [1.54, 1.807) is 19.9 Å². The second kappa shape index (κ2) is 9.73. The zero-order valence-electron chi connectivity index (χ0n) is 23.6. The van der Waals surface area contributed by atoms with Gasteiger partial charge in [-0.3, -0.25) is 9.59 Å². The predicted molar refractivity (Wildman–Crippen MR) is 150 cm³/mol. The molecule has 0 unspecified atom stereocenters. The number of hydrogen-bond donors (Lipinski definition) is 3. The summed E-state index contributed by atoms with van der Waals surface area (Å²) in [6, 6.07) is 4.46. The van der Waals surface area contributed by atoms with Crippen molar-refractivity contribution in [3.05, 3.63) is 97.1 Å². The van der Waals surface area contributed by atoms with Gasteiger partial charge in [-0.25, -0.2) is 22.9 Å². The van der Waals surface area contributed by atoms with Crippen molar-refractivity contribution in [3.63, 3.8) is 0 Å². The van der Waals surface area contributed by atoms with Crippen molar-refractivity contribution in [3.8, 4) is 11.4 Å². The molecule has 0 radical (unpaired) electrons. The molecule has 2 aliphatic heterocycles. The maximum Gasteiger partial charge on any atom is 0.343 e. The van der Waals surface area contributed by atoms with Gasteiger partial charge in [-0.1, -0.05) is 6.92 Å². The third-order valence-corrected chi connectivity index (χ3v) is 9.14. The quantitative estimate of drug-likeness (QED) is 0.267. The van der Waals surface area contributed by atoms with Crippen LogP contribution in [0.25, 0.3) is 22.3 Å². The summed E-state index contributed by atoms with van der Waals surface area (Å²) in [5.74, 6) is -4.12. The number of aromatic nitrogens is 2. The van der Waals surface area contributed by atoms with E-state index in [9.17, 15) is 33.4 Å². The lowest BCUT2D eigenvalue weighted by atomic mass is 9.81. The first-order chi connectivity index (χ1) is 20.9. The number of nitrogens with zero attached hydrogens (tertiary/aromatic N) is 2. The van der Waals surface area contributed by atoms with E-state index in [0.717, 1.165) is 12.1 Å². The third-order valence-electron chi connectivity index (χ3n) is 9.14. The number of aliphatic hydroxyl groups is 2. The number of halogens is 3. The Morgan fingerprint density at radius 1 is 1.14 bits per heavy atom. The van der Waals surface area contributed by atoms with Gasteiger partial charge in [-0.2, -0.15) is 0 Å². The number of pyridine rings is 2. The number of amides is 1.